The highest BCUT2D eigenvalue weighted by atomic mass is 35.5. The molecule has 23 heavy (non-hydrogen) atoms. The number of carbonyl (C=O) groups is 1. The van der Waals surface area contributed by atoms with Crippen molar-refractivity contribution in [2.45, 2.75) is 20.4 Å². The summed E-state index contributed by atoms with van der Waals surface area (Å²) in [4.78, 5) is 12.3. The number of carbonyl (C=O) groups excluding carboxylic acids is 1. The third-order valence-electron chi connectivity index (χ3n) is 3.16. The van der Waals surface area contributed by atoms with Gasteiger partial charge in [0, 0.05) is 12.1 Å². The summed E-state index contributed by atoms with van der Waals surface area (Å²) in [6.45, 7) is 5.12. The van der Waals surface area contributed by atoms with Gasteiger partial charge in [-0.1, -0.05) is 41.9 Å². The van der Waals surface area contributed by atoms with E-state index in [4.69, 9.17) is 21.1 Å². The standard InChI is InChI=1S/C18H20ClNO3/c1-3-22-16-11-14(10-15(19)17(16)23-4-2)18(21)20-12-13-8-6-5-7-9-13/h5-11H,3-4,12H2,1-2H3,(H,20,21). The summed E-state index contributed by atoms with van der Waals surface area (Å²) in [5.74, 6) is 0.738. The predicted molar refractivity (Wildman–Crippen MR) is 91.4 cm³/mol. The van der Waals surface area contributed by atoms with Gasteiger partial charge in [0.2, 0.25) is 0 Å². The first-order chi connectivity index (χ1) is 11.2. The van der Waals surface area contributed by atoms with E-state index in [-0.39, 0.29) is 5.91 Å². The van der Waals surface area contributed by atoms with Gasteiger partial charge in [-0.05, 0) is 31.5 Å². The lowest BCUT2D eigenvalue weighted by Gasteiger charge is -2.14. The van der Waals surface area contributed by atoms with Crippen molar-refractivity contribution in [2.75, 3.05) is 13.2 Å². The Balaban J connectivity index is 2.16. The largest absolute Gasteiger partial charge is 0.490 e. The van der Waals surface area contributed by atoms with Crippen LogP contribution in [0.1, 0.15) is 29.8 Å². The van der Waals surface area contributed by atoms with Crippen LogP contribution in [0.4, 0.5) is 0 Å². The molecule has 0 radical (unpaired) electrons. The van der Waals surface area contributed by atoms with E-state index in [1.165, 1.54) is 0 Å². The lowest BCUT2D eigenvalue weighted by atomic mass is 10.1. The first-order valence-electron chi connectivity index (χ1n) is 7.57. The van der Waals surface area contributed by atoms with Crippen LogP contribution in [0, 0.1) is 0 Å². The highest BCUT2D eigenvalue weighted by Crippen LogP contribution is 2.36. The van der Waals surface area contributed by atoms with Gasteiger partial charge in [0.15, 0.2) is 11.5 Å². The molecule has 0 aliphatic rings. The summed E-state index contributed by atoms with van der Waals surface area (Å²) in [7, 11) is 0. The summed E-state index contributed by atoms with van der Waals surface area (Å²) in [5.41, 5.74) is 1.47. The third kappa shape index (κ3) is 4.63. The molecule has 0 atom stereocenters. The molecule has 0 heterocycles. The molecule has 5 heteroatoms. The van der Waals surface area contributed by atoms with Crippen LogP contribution in [-0.4, -0.2) is 19.1 Å². The first-order valence-corrected chi connectivity index (χ1v) is 7.94. The van der Waals surface area contributed by atoms with E-state index >= 15 is 0 Å². The summed E-state index contributed by atoms with van der Waals surface area (Å²) < 4.78 is 11.0. The van der Waals surface area contributed by atoms with Gasteiger partial charge in [-0.25, -0.2) is 0 Å². The van der Waals surface area contributed by atoms with Crippen molar-refractivity contribution in [1.82, 2.24) is 5.32 Å². The Hall–Kier alpha value is -2.20. The molecule has 2 aromatic rings. The molecule has 122 valence electrons. The van der Waals surface area contributed by atoms with Crippen LogP contribution >= 0.6 is 11.6 Å². The Kier molecular flexibility index (Phi) is 6.29. The van der Waals surface area contributed by atoms with Gasteiger partial charge in [0.05, 0.1) is 18.2 Å². The fourth-order valence-corrected chi connectivity index (χ4v) is 2.39. The second-order valence-electron chi connectivity index (χ2n) is 4.82. The van der Waals surface area contributed by atoms with E-state index in [0.717, 1.165) is 5.56 Å². The Labute approximate surface area is 141 Å². The minimum atomic E-state index is -0.209. The van der Waals surface area contributed by atoms with Crippen LogP contribution in [0.3, 0.4) is 0 Å². The van der Waals surface area contributed by atoms with Crippen molar-refractivity contribution < 1.29 is 14.3 Å². The number of hydrogen-bond donors (Lipinski definition) is 1. The van der Waals surface area contributed by atoms with E-state index in [0.29, 0.717) is 41.8 Å². The van der Waals surface area contributed by atoms with Crippen LogP contribution < -0.4 is 14.8 Å². The predicted octanol–water partition coefficient (Wildman–Crippen LogP) is 4.07. The van der Waals surface area contributed by atoms with Gasteiger partial charge >= 0.3 is 0 Å². The van der Waals surface area contributed by atoms with Gasteiger partial charge in [-0.3, -0.25) is 4.79 Å². The molecule has 0 bridgehead atoms. The van der Waals surface area contributed by atoms with Gasteiger partial charge in [-0.15, -0.1) is 0 Å². The molecule has 0 aromatic heterocycles. The Morgan fingerprint density at radius 2 is 1.78 bits per heavy atom. The fourth-order valence-electron chi connectivity index (χ4n) is 2.13. The minimum absolute atomic E-state index is 0.209. The lowest BCUT2D eigenvalue weighted by molar-refractivity contribution is 0.0950. The van der Waals surface area contributed by atoms with E-state index < -0.39 is 0 Å². The zero-order chi connectivity index (χ0) is 16.7. The molecule has 1 N–H and O–H groups in total. The van der Waals surface area contributed by atoms with Crippen molar-refractivity contribution >= 4 is 17.5 Å². The fraction of sp³-hybridized carbons (Fsp3) is 0.278. The molecule has 1 amide bonds. The van der Waals surface area contributed by atoms with Gasteiger partial charge in [0.25, 0.3) is 5.91 Å². The zero-order valence-corrected chi connectivity index (χ0v) is 14.0. The Morgan fingerprint density at radius 1 is 1.09 bits per heavy atom. The molecule has 4 nitrogen and oxygen atoms in total. The normalized spacial score (nSPS) is 10.2. The second-order valence-corrected chi connectivity index (χ2v) is 5.23. The molecule has 0 aliphatic carbocycles. The van der Waals surface area contributed by atoms with E-state index in [2.05, 4.69) is 5.32 Å². The average molecular weight is 334 g/mol. The minimum Gasteiger partial charge on any atom is -0.490 e. The lowest BCUT2D eigenvalue weighted by Crippen LogP contribution is -2.22. The topological polar surface area (TPSA) is 47.6 Å². The zero-order valence-electron chi connectivity index (χ0n) is 13.3. The van der Waals surface area contributed by atoms with Crippen molar-refractivity contribution in [3.63, 3.8) is 0 Å². The van der Waals surface area contributed by atoms with Crippen molar-refractivity contribution in [2.24, 2.45) is 0 Å². The van der Waals surface area contributed by atoms with Gasteiger partial charge in [0.1, 0.15) is 0 Å². The van der Waals surface area contributed by atoms with Crippen molar-refractivity contribution in [3.8, 4) is 11.5 Å². The maximum absolute atomic E-state index is 12.3. The molecule has 2 rings (SSSR count). The van der Waals surface area contributed by atoms with Crippen LogP contribution in [0.2, 0.25) is 5.02 Å². The molecule has 0 unspecified atom stereocenters. The molecule has 0 aliphatic heterocycles. The number of nitrogens with one attached hydrogen (secondary N) is 1. The SMILES string of the molecule is CCOc1cc(C(=O)NCc2ccccc2)cc(Cl)c1OCC. The summed E-state index contributed by atoms with van der Waals surface area (Å²) in [5, 5.41) is 3.23. The maximum atomic E-state index is 12.3. The number of benzene rings is 2. The first kappa shape index (κ1) is 17.2. The van der Waals surface area contributed by atoms with Crippen LogP contribution in [0.15, 0.2) is 42.5 Å². The monoisotopic (exact) mass is 333 g/mol. The summed E-state index contributed by atoms with van der Waals surface area (Å²) in [6.07, 6.45) is 0. The maximum Gasteiger partial charge on any atom is 0.251 e. The third-order valence-corrected chi connectivity index (χ3v) is 3.44. The highest BCUT2D eigenvalue weighted by molar-refractivity contribution is 6.32. The number of amides is 1. The second kappa shape index (κ2) is 8.44. The summed E-state index contributed by atoms with van der Waals surface area (Å²) in [6, 6.07) is 13.0. The van der Waals surface area contributed by atoms with E-state index in [9.17, 15) is 4.79 Å². The summed E-state index contributed by atoms with van der Waals surface area (Å²) >= 11 is 6.23. The van der Waals surface area contributed by atoms with E-state index in [1.54, 1.807) is 12.1 Å². The number of hydrogen-bond acceptors (Lipinski definition) is 3. The highest BCUT2D eigenvalue weighted by Gasteiger charge is 2.16. The molecule has 0 saturated carbocycles. The van der Waals surface area contributed by atoms with Gasteiger partial charge < -0.3 is 14.8 Å². The molecule has 2 aromatic carbocycles. The van der Waals surface area contributed by atoms with Crippen LogP contribution in [0.5, 0.6) is 11.5 Å². The van der Waals surface area contributed by atoms with Crippen LogP contribution in [0.25, 0.3) is 0 Å². The smallest absolute Gasteiger partial charge is 0.251 e. The quantitative estimate of drug-likeness (QED) is 0.831. The van der Waals surface area contributed by atoms with Crippen LogP contribution in [-0.2, 0) is 6.54 Å². The van der Waals surface area contributed by atoms with Crippen molar-refractivity contribution in [3.05, 3.63) is 58.6 Å². The molecule has 0 spiro atoms. The molecular weight excluding hydrogens is 314 g/mol. The molecule has 0 saturated heterocycles. The van der Waals surface area contributed by atoms with Gasteiger partial charge in [-0.2, -0.15) is 0 Å². The average Bonchev–Trinajstić information content (AvgIpc) is 2.56. The Morgan fingerprint density at radius 3 is 2.43 bits per heavy atom. The molecular formula is C18H20ClNO3. The number of ether oxygens (including phenoxy) is 2. The molecule has 0 fully saturated rings. The number of rotatable bonds is 7. The Bertz CT molecular complexity index is 659. The van der Waals surface area contributed by atoms with E-state index in [1.807, 2.05) is 44.2 Å². The van der Waals surface area contributed by atoms with Crippen molar-refractivity contribution in [1.29, 1.82) is 0 Å². The number of halogens is 1.